The van der Waals surface area contributed by atoms with E-state index in [9.17, 15) is 4.79 Å². The summed E-state index contributed by atoms with van der Waals surface area (Å²) in [6.45, 7) is 8.12. The van der Waals surface area contributed by atoms with Crippen molar-refractivity contribution in [1.82, 2.24) is 14.8 Å². The fraction of sp³-hybridized carbons (Fsp3) is 0.600. The van der Waals surface area contributed by atoms with Gasteiger partial charge < -0.3 is 10.2 Å². The predicted octanol–water partition coefficient (Wildman–Crippen LogP) is 1.68. The number of anilines is 1. The number of hydrogen-bond acceptors (Lipinski definition) is 4. The first-order valence-electron chi connectivity index (χ1n) is 7.36. The Morgan fingerprint density at radius 3 is 2.90 bits per heavy atom. The number of carbonyl (C=O) groups is 1. The van der Waals surface area contributed by atoms with Gasteiger partial charge >= 0.3 is 0 Å². The second kappa shape index (κ2) is 6.70. The number of nitrogens with one attached hydrogen (secondary N) is 1. The Morgan fingerprint density at radius 2 is 2.25 bits per heavy atom. The van der Waals surface area contributed by atoms with Crippen molar-refractivity contribution in [3.05, 3.63) is 23.9 Å². The van der Waals surface area contributed by atoms with Crippen LogP contribution in [0, 0.1) is 0 Å². The Balaban J connectivity index is 2.03. The summed E-state index contributed by atoms with van der Waals surface area (Å²) in [5.41, 5.74) is 0.713. The number of nitrogens with zero attached hydrogens (tertiary/aromatic N) is 3. The number of likely N-dealkylation sites (tertiary alicyclic amines) is 1. The van der Waals surface area contributed by atoms with Gasteiger partial charge in [0.15, 0.2) is 0 Å². The van der Waals surface area contributed by atoms with Gasteiger partial charge in [0, 0.05) is 37.9 Å². The number of amides is 1. The van der Waals surface area contributed by atoms with Crippen LogP contribution in [-0.2, 0) is 0 Å². The zero-order valence-corrected chi connectivity index (χ0v) is 12.6. The van der Waals surface area contributed by atoms with Crippen molar-refractivity contribution in [1.29, 1.82) is 0 Å². The molecule has 0 aromatic carbocycles. The molecule has 0 aliphatic carbocycles. The van der Waals surface area contributed by atoms with E-state index < -0.39 is 0 Å². The molecule has 1 N–H and O–H groups in total. The van der Waals surface area contributed by atoms with Crippen molar-refractivity contribution in [2.45, 2.75) is 26.3 Å². The minimum absolute atomic E-state index is 0.110. The fourth-order valence-electron chi connectivity index (χ4n) is 2.85. The molecule has 1 saturated heterocycles. The van der Waals surface area contributed by atoms with Gasteiger partial charge in [-0.25, -0.2) is 4.98 Å². The van der Waals surface area contributed by atoms with Crippen molar-refractivity contribution < 1.29 is 4.79 Å². The largest absolute Gasteiger partial charge is 0.373 e. The topological polar surface area (TPSA) is 48.5 Å². The van der Waals surface area contributed by atoms with E-state index in [1.807, 2.05) is 18.0 Å². The van der Waals surface area contributed by atoms with Crippen molar-refractivity contribution in [3.63, 3.8) is 0 Å². The lowest BCUT2D eigenvalue weighted by Gasteiger charge is -2.26. The molecule has 5 nitrogen and oxygen atoms in total. The lowest BCUT2D eigenvalue weighted by molar-refractivity contribution is 0.0778. The molecule has 1 unspecified atom stereocenters. The molecule has 1 atom stereocenters. The maximum atomic E-state index is 12.5. The first-order chi connectivity index (χ1) is 9.69. The van der Waals surface area contributed by atoms with Crippen LogP contribution in [-0.4, -0.2) is 60.0 Å². The standard InChI is InChI=1S/C15H24N4O/c1-4-18(5-2)13-7-9-19(11-13)15(20)12-6-8-17-14(10-12)16-3/h6,8,10,13H,4-5,7,9,11H2,1-3H3,(H,16,17). The zero-order valence-electron chi connectivity index (χ0n) is 12.6. The molecule has 0 radical (unpaired) electrons. The molecule has 1 aliphatic rings. The van der Waals surface area contributed by atoms with Crippen LogP contribution in [0.25, 0.3) is 0 Å². The van der Waals surface area contributed by atoms with E-state index in [0.717, 1.165) is 38.4 Å². The maximum absolute atomic E-state index is 12.5. The highest BCUT2D eigenvalue weighted by atomic mass is 16.2. The number of rotatable bonds is 5. The number of pyridine rings is 1. The number of hydrogen-bond donors (Lipinski definition) is 1. The zero-order chi connectivity index (χ0) is 14.5. The fourth-order valence-corrected chi connectivity index (χ4v) is 2.85. The number of carbonyl (C=O) groups excluding carboxylic acids is 1. The summed E-state index contributed by atoms with van der Waals surface area (Å²) in [5, 5.41) is 2.97. The molecule has 2 rings (SSSR count). The molecule has 20 heavy (non-hydrogen) atoms. The highest BCUT2D eigenvalue weighted by molar-refractivity contribution is 5.95. The molecule has 1 amide bonds. The van der Waals surface area contributed by atoms with E-state index in [2.05, 4.69) is 29.0 Å². The highest BCUT2D eigenvalue weighted by Gasteiger charge is 2.29. The average molecular weight is 276 g/mol. The predicted molar refractivity (Wildman–Crippen MR) is 81.0 cm³/mol. The lowest BCUT2D eigenvalue weighted by atomic mass is 10.2. The van der Waals surface area contributed by atoms with Crippen molar-refractivity contribution in [2.75, 3.05) is 38.5 Å². The molecule has 5 heteroatoms. The van der Waals surface area contributed by atoms with E-state index >= 15 is 0 Å². The third-order valence-corrected chi connectivity index (χ3v) is 4.04. The van der Waals surface area contributed by atoms with E-state index in [1.165, 1.54) is 0 Å². The van der Waals surface area contributed by atoms with Gasteiger partial charge in [-0.3, -0.25) is 9.69 Å². The summed E-state index contributed by atoms with van der Waals surface area (Å²) in [4.78, 5) is 21.0. The van der Waals surface area contributed by atoms with Crippen LogP contribution < -0.4 is 5.32 Å². The number of likely N-dealkylation sites (N-methyl/N-ethyl adjacent to an activating group) is 1. The summed E-state index contributed by atoms with van der Waals surface area (Å²) in [5.74, 6) is 0.842. The van der Waals surface area contributed by atoms with E-state index in [-0.39, 0.29) is 5.91 Å². The smallest absolute Gasteiger partial charge is 0.254 e. The van der Waals surface area contributed by atoms with Crippen LogP contribution in [0.4, 0.5) is 5.82 Å². The normalized spacial score (nSPS) is 18.6. The summed E-state index contributed by atoms with van der Waals surface area (Å²) in [7, 11) is 1.81. The Morgan fingerprint density at radius 1 is 1.50 bits per heavy atom. The SMILES string of the molecule is CCN(CC)C1CCN(C(=O)c2ccnc(NC)c2)C1. The molecular formula is C15H24N4O. The van der Waals surface area contributed by atoms with Gasteiger partial charge in [-0.1, -0.05) is 13.8 Å². The van der Waals surface area contributed by atoms with Gasteiger partial charge in [0.2, 0.25) is 0 Å². The molecule has 0 spiro atoms. The first kappa shape index (κ1) is 14.8. The number of aromatic nitrogens is 1. The molecule has 110 valence electrons. The summed E-state index contributed by atoms with van der Waals surface area (Å²) >= 11 is 0. The molecule has 1 aromatic rings. The monoisotopic (exact) mass is 276 g/mol. The van der Waals surface area contributed by atoms with Gasteiger partial charge in [0.1, 0.15) is 5.82 Å². The van der Waals surface area contributed by atoms with Crippen molar-refractivity contribution in [2.24, 2.45) is 0 Å². The summed E-state index contributed by atoms with van der Waals surface area (Å²) in [6.07, 6.45) is 2.74. The van der Waals surface area contributed by atoms with Crippen LogP contribution in [0.3, 0.4) is 0 Å². The first-order valence-corrected chi connectivity index (χ1v) is 7.36. The molecule has 1 fully saturated rings. The second-order valence-electron chi connectivity index (χ2n) is 5.09. The summed E-state index contributed by atoms with van der Waals surface area (Å²) in [6, 6.07) is 4.10. The average Bonchev–Trinajstić information content (AvgIpc) is 2.97. The summed E-state index contributed by atoms with van der Waals surface area (Å²) < 4.78 is 0. The van der Waals surface area contributed by atoms with Crippen LogP contribution >= 0.6 is 0 Å². The molecular weight excluding hydrogens is 252 g/mol. The highest BCUT2D eigenvalue weighted by Crippen LogP contribution is 2.18. The molecule has 1 aromatic heterocycles. The maximum Gasteiger partial charge on any atom is 0.254 e. The van der Waals surface area contributed by atoms with Crippen LogP contribution in [0.5, 0.6) is 0 Å². The van der Waals surface area contributed by atoms with Gasteiger partial charge in [-0.05, 0) is 31.6 Å². The van der Waals surface area contributed by atoms with Gasteiger partial charge in [0.05, 0.1) is 0 Å². The van der Waals surface area contributed by atoms with E-state index in [0.29, 0.717) is 11.6 Å². The molecule has 0 bridgehead atoms. The second-order valence-corrected chi connectivity index (χ2v) is 5.09. The van der Waals surface area contributed by atoms with Crippen molar-refractivity contribution in [3.8, 4) is 0 Å². The Hall–Kier alpha value is -1.62. The Bertz CT molecular complexity index is 459. The van der Waals surface area contributed by atoms with Gasteiger partial charge in [0.25, 0.3) is 5.91 Å². The van der Waals surface area contributed by atoms with Crippen LogP contribution in [0.15, 0.2) is 18.3 Å². The third kappa shape index (κ3) is 3.10. The van der Waals surface area contributed by atoms with Crippen molar-refractivity contribution >= 4 is 11.7 Å². The Labute approximate surface area is 121 Å². The molecule has 2 heterocycles. The minimum atomic E-state index is 0.110. The van der Waals surface area contributed by atoms with Crippen LogP contribution in [0.1, 0.15) is 30.6 Å². The van der Waals surface area contributed by atoms with E-state index in [1.54, 1.807) is 12.3 Å². The van der Waals surface area contributed by atoms with Gasteiger partial charge in [-0.15, -0.1) is 0 Å². The Kier molecular flexibility index (Phi) is 4.95. The molecule has 1 aliphatic heterocycles. The van der Waals surface area contributed by atoms with E-state index in [4.69, 9.17) is 0 Å². The van der Waals surface area contributed by atoms with Crippen LogP contribution in [0.2, 0.25) is 0 Å². The minimum Gasteiger partial charge on any atom is -0.373 e. The lowest BCUT2D eigenvalue weighted by Crippen LogP contribution is -2.38. The van der Waals surface area contributed by atoms with Gasteiger partial charge in [-0.2, -0.15) is 0 Å². The molecule has 0 saturated carbocycles. The quantitative estimate of drug-likeness (QED) is 0.889. The third-order valence-electron chi connectivity index (χ3n) is 4.04.